The number of hydrogen-bond acceptors (Lipinski definition) is 3. The smallest absolute Gasteiger partial charge is 0.352 e. The van der Waals surface area contributed by atoms with Crippen LogP contribution in [0.5, 0.6) is 0 Å². The number of carboxylic acids is 1. The lowest BCUT2D eigenvalue weighted by Crippen LogP contribution is -2.29. The van der Waals surface area contributed by atoms with Crippen LogP contribution in [0.1, 0.15) is 48.4 Å². The molecule has 7 heteroatoms. The first-order chi connectivity index (χ1) is 9.24. The molecule has 1 rings (SSSR count). The first-order valence-electron chi connectivity index (χ1n) is 6.66. The lowest BCUT2D eigenvalue weighted by atomic mass is 10.0. The van der Waals surface area contributed by atoms with Gasteiger partial charge in [-0.1, -0.05) is 26.7 Å². The van der Waals surface area contributed by atoms with Crippen molar-refractivity contribution in [3.63, 3.8) is 0 Å². The van der Waals surface area contributed by atoms with Crippen LogP contribution in [0.4, 0.5) is 0 Å². The number of aromatic nitrogens is 1. The van der Waals surface area contributed by atoms with E-state index in [0.29, 0.717) is 12.2 Å². The summed E-state index contributed by atoms with van der Waals surface area (Å²) in [4.78, 5) is 13.7. The van der Waals surface area contributed by atoms with E-state index in [9.17, 15) is 13.2 Å². The van der Waals surface area contributed by atoms with Crippen LogP contribution in [0, 0.1) is 19.8 Å². The number of H-pyrrole nitrogens is 1. The number of aryl methyl sites for hydroxylation is 1. The monoisotopic (exact) mass is 302 g/mol. The average molecular weight is 302 g/mol. The fourth-order valence-corrected chi connectivity index (χ4v) is 3.79. The molecule has 0 aliphatic heterocycles. The topological polar surface area (TPSA) is 99.3 Å². The van der Waals surface area contributed by atoms with Gasteiger partial charge in [-0.25, -0.2) is 17.9 Å². The van der Waals surface area contributed by atoms with E-state index in [0.717, 1.165) is 12.8 Å². The zero-order valence-corrected chi connectivity index (χ0v) is 13.1. The third-order valence-electron chi connectivity index (χ3n) is 3.57. The van der Waals surface area contributed by atoms with Gasteiger partial charge >= 0.3 is 5.97 Å². The molecule has 0 amide bonds. The summed E-state index contributed by atoms with van der Waals surface area (Å²) in [6.07, 6.45) is 1.79. The second-order valence-corrected chi connectivity index (χ2v) is 6.62. The highest BCUT2D eigenvalue weighted by Gasteiger charge is 2.26. The molecule has 0 saturated carbocycles. The Morgan fingerprint density at radius 2 is 1.85 bits per heavy atom. The summed E-state index contributed by atoms with van der Waals surface area (Å²) < 4.78 is 27.2. The van der Waals surface area contributed by atoms with Crippen molar-refractivity contribution in [2.45, 2.75) is 45.4 Å². The standard InChI is InChI=1S/C13H22N2O4S/c1-5-10(6-2)7-14-20(18,19)12-8(3)11(13(16)17)15-9(12)4/h10,14-15H,5-7H2,1-4H3,(H,16,17). The van der Waals surface area contributed by atoms with E-state index in [4.69, 9.17) is 5.11 Å². The largest absolute Gasteiger partial charge is 0.477 e. The molecule has 114 valence electrons. The number of rotatable bonds is 7. The molecule has 0 spiro atoms. The Labute approximate surface area is 119 Å². The Hall–Kier alpha value is -1.34. The number of hydrogen-bond donors (Lipinski definition) is 3. The Morgan fingerprint density at radius 3 is 2.25 bits per heavy atom. The fraction of sp³-hybridized carbons (Fsp3) is 0.615. The Bertz CT molecular complexity index is 586. The summed E-state index contributed by atoms with van der Waals surface area (Å²) in [5.41, 5.74) is 0.509. The number of carbonyl (C=O) groups is 1. The van der Waals surface area contributed by atoms with E-state index < -0.39 is 16.0 Å². The molecule has 0 bridgehead atoms. The second kappa shape index (κ2) is 6.41. The molecule has 6 nitrogen and oxygen atoms in total. The van der Waals surface area contributed by atoms with Crippen molar-refractivity contribution in [1.29, 1.82) is 0 Å². The molecule has 0 unspecified atom stereocenters. The Balaban J connectivity index is 3.07. The summed E-state index contributed by atoms with van der Waals surface area (Å²) in [5, 5.41) is 9.02. The van der Waals surface area contributed by atoms with E-state index in [1.165, 1.54) is 6.92 Å². The number of aromatic amines is 1. The van der Waals surface area contributed by atoms with Crippen molar-refractivity contribution in [2.75, 3.05) is 6.54 Å². The quantitative estimate of drug-likeness (QED) is 0.717. The van der Waals surface area contributed by atoms with E-state index in [-0.39, 0.29) is 22.1 Å². The van der Waals surface area contributed by atoms with Crippen LogP contribution in [-0.2, 0) is 10.0 Å². The van der Waals surface area contributed by atoms with Crippen LogP contribution in [0.2, 0.25) is 0 Å². The summed E-state index contributed by atoms with van der Waals surface area (Å²) in [6.45, 7) is 7.45. The van der Waals surface area contributed by atoms with Crippen LogP contribution in [0.15, 0.2) is 4.90 Å². The van der Waals surface area contributed by atoms with Crippen molar-refractivity contribution in [3.8, 4) is 0 Å². The van der Waals surface area contributed by atoms with Gasteiger partial charge in [0.25, 0.3) is 0 Å². The van der Waals surface area contributed by atoms with Crippen LogP contribution in [0.3, 0.4) is 0 Å². The van der Waals surface area contributed by atoms with Crippen molar-refractivity contribution in [3.05, 3.63) is 17.0 Å². The minimum atomic E-state index is -3.69. The summed E-state index contributed by atoms with van der Waals surface area (Å²) in [6, 6.07) is 0. The number of nitrogens with one attached hydrogen (secondary N) is 2. The molecule has 20 heavy (non-hydrogen) atoms. The number of aromatic carboxylic acids is 1. The first kappa shape index (κ1) is 16.7. The van der Waals surface area contributed by atoms with Crippen LogP contribution in [-0.4, -0.2) is 31.0 Å². The molecule has 1 aromatic rings. The molecule has 3 N–H and O–H groups in total. The van der Waals surface area contributed by atoms with Crippen molar-refractivity contribution in [1.82, 2.24) is 9.71 Å². The van der Waals surface area contributed by atoms with Crippen LogP contribution in [0.25, 0.3) is 0 Å². The van der Waals surface area contributed by atoms with Gasteiger partial charge in [0.2, 0.25) is 10.0 Å². The van der Waals surface area contributed by atoms with Crippen LogP contribution < -0.4 is 4.72 Å². The molecule has 0 radical (unpaired) electrons. The number of sulfonamides is 1. The van der Waals surface area contributed by atoms with Gasteiger partial charge in [0, 0.05) is 17.8 Å². The number of carboxylic acid groups (broad SMARTS) is 1. The fourth-order valence-electron chi connectivity index (χ4n) is 2.23. The SMILES string of the molecule is CCC(CC)CNS(=O)(=O)c1c(C)[nH]c(C(=O)O)c1C. The van der Waals surface area contributed by atoms with Gasteiger partial charge in [0.15, 0.2) is 0 Å². The normalized spacial score (nSPS) is 12.1. The van der Waals surface area contributed by atoms with Crippen molar-refractivity contribution in [2.24, 2.45) is 5.92 Å². The van der Waals surface area contributed by atoms with E-state index in [2.05, 4.69) is 9.71 Å². The van der Waals surface area contributed by atoms with E-state index in [1.807, 2.05) is 13.8 Å². The van der Waals surface area contributed by atoms with Gasteiger partial charge in [0.05, 0.1) is 0 Å². The molecular weight excluding hydrogens is 280 g/mol. The Morgan fingerprint density at radius 1 is 1.30 bits per heavy atom. The minimum absolute atomic E-state index is 0.0425. The predicted molar refractivity (Wildman–Crippen MR) is 76.5 cm³/mol. The summed E-state index contributed by atoms with van der Waals surface area (Å²) in [7, 11) is -3.69. The van der Waals surface area contributed by atoms with Gasteiger partial charge in [-0.2, -0.15) is 0 Å². The molecule has 1 aromatic heterocycles. The summed E-state index contributed by atoms with van der Waals surface area (Å²) >= 11 is 0. The maximum atomic E-state index is 12.3. The maximum Gasteiger partial charge on any atom is 0.352 e. The van der Waals surface area contributed by atoms with Crippen molar-refractivity contribution < 1.29 is 18.3 Å². The molecule has 0 saturated heterocycles. The lowest BCUT2D eigenvalue weighted by molar-refractivity contribution is 0.0690. The van der Waals surface area contributed by atoms with E-state index >= 15 is 0 Å². The van der Waals surface area contributed by atoms with Gasteiger partial charge < -0.3 is 10.1 Å². The third-order valence-corrected chi connectivity index (χ3v) is 5.26. The molecule has 0 fully saturated rings. The lowest BCUT2D eigenvalue weighted by Gasteiger charge is -2.14. The highest BCUT2D eigenvalue weighted by atomic mass is 32.2. The zero-order chi connectivity index (χ0) is 15.5. The minimum Gasteiger partial charge on any atom is -0.477 e. The maximum absolute atomic E-state index is 12.3. The molecular formula is C13H22N2O4S. The van der Waals surface area contributed by atoms with Gasteiger partial charge in [-0.05, 0) is 19.8 Å². The highest BCUT2D eigenvalue weighted by Crippen LogP contribution is 2.23. The van der Waals surface area contributed by atoms with Gasteiger partial charge in [0.1, 0.15) is 10.6 Å². The highest BCUT2D eigenvalue weighted by molar-refractivity contribution is 7.89. The molecule has 0 atom stereocenters. The Kier molecular flexibility index (Phi) is 5.35. The van der Waals surface area contributed by atoms with Crippen molar-refractivity contribution >= 4 is 16.0 Å². The average Bonchev–Trinajstić information content (AvgIpc) is 2.66. The predicted octanol–water partition coefficient (Wildman–Crippen LogP) is 2.04. The molecule has 0 aromatic carbocycles. The molecule has 1 heterocycles. The zero-order valence-electron chi connectivity index (χ0n) is 12.3. The second-order valence-electron chi connectivity index (χ2n) is 4.92. The summed E-state index contributed by atoms with van der Waals surface area (Å²) in [5.74, 6) is -0.879. The first-order valence-corrected chi connectivity index (χ1v) is 8.14. The third kappa shape index (κ3) is 3.40. The molecule has 0 aliphatic rings. The van der Waals surface area contributed by atoms with Gasteiger partial charge in [-0.3, -0.25) is 0 Å². The molecule has 0 aliphatic carbocycles. The van der Waals surface area contributed by atoms with Gasteiger partial charge in [-0.15, -0.1) is 0 Å². The van der Waals surface area contributed by atoms with E-state index in [1.54, 1.807) is 6.92 Å². The van der Waals surface area contributed by atoms with Crippen LogP contribution >= 0.6 is 0 Å².